The van der Waals surface area contributed by atoms with Gasteiger partial charge in [0.15, 0.2) is 5.75 Å². The van der Waals surface area contributed by atoms with Crippen molar-refractivity contribution in [3.05, 3.63) is 47.3 Å². The molecule has 0 amide bonds. The van der Waals surface area contributed by atoms with Gasteiger partial charge in [-0.2, -0.15) is 0 Å². The summed E-state index contributed by atoms with van der Waals surface area (Å²) >= 11 is 42.8. The number of rotatable bonds is 2. The normalized spacial score (nSPS) is 10.9. The molecule has 0 atom stereocenters. The molecule has 8 heteroatoms. The smallest absolute Gasteiger partial charge is 0.159 e. The van der Waals surface area contributed by atoms with Crippen molar-refractivity contribution in [2.75, 3.05) is 7.11 Å². The molecule has 0 aliphatic carbocycles. The first kappa shape index (κ1) is 17.6. The molecule has 0 unspecified atom stereocenters. The van der Waals surface area contributed by atoms with Gasteiger partial charge in [-0.15, -0.1) is 0 Å². The summed E-state index contributed by atoms with van der Waals surface area (Å²) in [5.74, 6) is 0.197. The molecule has 0 radical (unpaired) electrons. The maximum Gasteiger partial charge on any atom is 0.159 e. The Morgan fingerprint density at radius 3 is 1.48 bits per heavy atom. The van der Waals surface area contributed by atoms with Crippen molar-refractivity contribution in [1.82, 2.24) is 0 Å². The van der Waals surface area contributed by atoms with Gasteiger partial charge < -0.3 is 4.74 Å². The second kappa shape index (κ2) is 6.80. The lowest BCUT2D eigenvalue weighted by molar-refractivity contribution is 0.415. The van der Waals surface area contributed by atoms with Crippen LogP contribution in [0.1, 0.15) is 0 Å². The standard InChI is InChI=1S/C13H5Cl7O/c1-21-13-11(19)9(17)7(10(18)12(13)20)4-2-5(14)8(16)6(15)3-4/h2-3H,1H3. The first-order valence-corrected chi connectivity index (χ1v) is 7.99. The van der Waals surface area contributed by atoms with E-state index in [2.05, 4.69) is 0 Å². The van der Waals surface area contributed by atoms with Gasteiger partial charge in [-0.05, 0) is 17.7 Å². The summed E-state index contributed by atoms with van der Waals surface area (Å²) < 4.78 is 5.09. The highest BCUT2D eigenvalue weighted by Gasteiger charge is 2.23. The Bertz CT molecular complexity index is 675. The van der Waals surface area contributed by atoms with Gasteiger partial charge in [-0.25, -0.2) is 0 Å². The molecule has 0 fully saturated rings. The first-order chi connectivity index (χ1) is 9.79. The Balaban J connectivity index is 2.82. The predicted molar refractivity (Wildman–Crippen MR) is 93.5 cm³/mol. The summed E-state index contributed by atoms with van der Waals surface area (Å²) in [5.41, 5.74) is 0.936. The molecule has 0 N–H and O–H groups in total. The first-order valence-electron chi connectivity index (χ1n) is 5.34. The summed E-state index contributed by atoms with van der Waals surface area (Å²) in [7, 11) is 1.41. The number of hydrogen-bond donors (Lipinski definition) is 0. The van der Waals surface area contributed by atoms with Gasteiger partial charge in [0.05, 0.1) is 32.2 Å². The average Bonchev–Trinajstić information content (AvgIpc) is 2.43. The van der Waals surface area contributed by atoms with Crippen molar-refractivity contribution in [2.24, 2.45) is 0 Å². The van der Waals surface area contributed by atoms with Crippen molar-refractivity contribution in [3.63, 3.8) is 0 Å². The molecule has 1 nitrogen and oxygen atoms in total. The molecular weight excluding hydrogens is 420 g/mol. The molecule has 112 valence electrons. The molecule has 2 aromatic rings. The number of halogens is 7. The highest BCUT2D eigenvalue weighted by atomic mass is 35.5. The molecule has 0 heterocycles. The Morgan fingerprint density at radius 1 is 0.667 bits per heavy atom. The Morgan fingerprint density at radius 2 is 1.10 bits per heavy atom. The van der Waals surface area contributed by atoms with Crippen molar-refractivity contribution in [1.29, 1.82) is 0 Å². The molecule has 0 aliphatic heterocycles. The van der Waals surface area contributed by atoms with Gasteiger partial charge >= 0.3 is 0 Å². The minimum atomic E-state index is 0.144. The second-order valence-electron chi connectivity index (χ2n) is 3.92. The molecule has 0 bridgehead atoms. The highest BCUT2D eigenvalue weighted by Crippen LogP contribution is 2.50. The Hall–Kier alpha value is 0.270. The lowest BCUT2D eigenvalue weighted by Crippen LogP contribution is -1.92. The van der Waals surface area contributed by atoms with Gasteiger partial charge in [-0.1, -0.05) is 81.2 Å². The Kier molecular flexibility index (Phi) is 5.71. The molecule has 0 saturated heterocycles. The van der Waals surface area contributed by atoms with Crippen LogP contribution in [-0.2, 0) is 0 Å². The zero-order valence-corrected chi connectivity index (χ0v) is 15.5. The summed E-state index contributed by atoms with van der Waals surface area (Å²) in [6, 6.07) is 3.14. The number of hydrogen-bond acceptors (Lipinski definition) is 1. The number of methoxy groups -OCH3 is 1. The zero-order valence-electron chi connectivity index (χ0n) is 10.2. The molecule has 0 saturated carbocycles. The minimum Gasteiger partial charge on any atom is -0.494 e. The topological polar surface area (TPSA) is 9.23 Å². The fourth-order valence-electron chi connectivity index (χ4n) is 1.74. The quantitative estimate of drug-likeness (QED) is 0.351. The van der Waals surface area contributed by atoms with E-state index in [1.165, 1.54) is 7.11 Å². The van der Waals surface area contributed by atoms with Crippen molar-refractivity contribution in [3.8, 4) is 16.9 Å². The van der Waals surface area contributed by atoms with E-state index in [1.54, 1.807) is 12.1 Å². The maximum atomic E-state index is 6.26. The van der Waals surface area contributed by atoms with E-state index in [9.17, 15) is 0 Å². The molecular formula is C13H5Cl7O. The van der Waals surface area contributed by atoms with Crippen LogP contribution in [0.5, 0.6) is 5.75 Å². The van der Waals surface area contributed by atoms with Crippen molar-refractivity contribution < 1.29 is 4.74 Å². The van der Waals surface area contributed by atoms with Crippen LogP contribution in [0.25, 0.3) is 11.1 Å². The SMILES string of the molecule is COc1c(Cl)c(Cl)c(-c2cc(Cl)c(Cl)c(Cl)c2)c(Cl)c1Cl. The van der Waals surface area contributed by atoms with E-state index in [0.29, 0.717) is 11.1 Å². The summed E-state index contributed by atoms with van der Waals surface area (Å²) in [6.07, 6.45) is 0. The van der Waals surface area contributed by atoms with E-state index in [-0.39, 0.29) is 40.9 Å². The second-order valence-corrected chi connectivity index (χ2v) is 6.62. The van der Waals surface area contributed by atoms with Crippen LogP contribution in [0.2, 0.25) is 35.2 Å². The van der Waals surface area contributed by atoms with Gasteiger partial charge in [-0.3, -0.25) is 0 Å². The van der Waals surface area contributed by atoms with Crippen LogP contribution in [0.15, 0.2) is 12.1 Å². The third-order valence-electron chi connectivity index (χ3n) is 2.70. The Labute approximate surface area is 156 Å². The van der Waals surface area contributed by atoms with Gasteiger partial charge in [0.2, 0.25) is 0 Å². The third-order valence-corrected chi connectivity index (χ3v) is 5.57. The van der Waals surface area contributed by atoms with E-state index in [0.717, 1.165) is 0 Å². The van der Waals surface area contributed by atoms with Crippen LogP contribution in [0.3, 0.4) is 0 Å². The van der Waals surface area contributed by atoms with E-state index in [1.807, 2.05) is 0 Å². The van der Waals surface area contributed by atoms with Crippen LogP contribution in [0, 0.1) is 0 Å². The summed E-state index contributed by atoms with van der Waals surface area (Å²) in [6.45, 7) is 0. The lowest BCUT2D eigenvalue weighted by Gasteiger charge is -2.15. The maximum absolute atomic E-state index is 6.26. The van der Waals surface area contributed by atoms with Gasteiger partial charge in [0, 0.05) is 5.56 Å². The van der Waals surface area contributed by atoms with E-state index in [4.69, 9.17) is 85.9 Å². The van der Waals surface area contributed by atoms with E-state index >= 15 is 0 Å². The summed E-state index contributed by atoms with van der Waals surface area (Å²) in [4.78, 5) is 0. The fraction of sp³-hybridized carbons (Fsp3) is 0.0769. The minimum absolute atomic E-state index is 0.144. The molecule has 0 aromatic heterocycles. The molecule has 2 rings (SSSR count). The van der Waals surface area contributed by atoms with Gasteiger partial charge in [0.25, 0.3) is 0 Å². The van der Waals surface area contributed by atoms with Gasteiger partial charge in [0.1, 0.15) is 10.0 Å². The molecule has 0 aliphatic rings. The summed E-state index contributed by atoms with van der Waals surface area (Å²) in [5, 5.41) is 1.40. The van der Waals surface area contributed by atoms with E-state index < -0.39 is 0 Å². The number of ether oxygens (including phenoxy) is 1. The van der Waals surface area contributed by atoms with Crippen molar-refractivity contribution in [2.45, 2.75) is 0 Å². The monoisotopic (exact) mass is 422 g/mol. The zero-order chi connectivity index (χ0) is 15.9. The highest BCUT2D eigenvalue weighted by molar-refractivity contribution is 6.52. The fourth-order valence-corrected chi connectivity index (χ4v) is 3.55. The van der Waals surface area contributed by atoms with Crippen LogP contribution in [0.4, 0.5) is 0 Å². The van der Waals surface area contributed by atoms with Crippen LogP contribution in [-0.4, -0.2) is 7.11 Å². The van der Waals surface area contributed by atoms with Crippen LogP contribution < -0.4 is 4.74 Å². The largest absolute Gasteiger partial charge is 0.494 e. The average molecular weight is 425 g/mol. The molecule has 2 aromatic carbocycles. The number of benzene rings is 2. The predicted octanol–water partition coefficient (Wildman–Crippen LogP) is 7.94. The lowest BCUT2D eigenvalue weighted by atomic mass is 10.1. The molecule has 21 heavy (non-hydrogen) atoms. The third kappa shape index (κ3) is 3.16. The van der Waals surface area contributed by atoms with Crippen molar-refractivity contribution >= 4 is 81.2 Å². The van der Waals surface area contributed by atoms with Crippen LogP contribution >= 0.6 is 81.2 Å². The molecule has 0 spiro atoms.